The summed E-state index contributed by atoms with van der Waals surface area (Å²) in [7, 11) is 0. The van der Waals surface area contributed by atoms with Crippen molar-refractivity contribution in [3.8, 4) is 0 Å². The number of hydrogen-bond donors (Lipinski definition) is 2. The van der Waals surface area contributed by atoms with E-state index in [2.05, 4.69) is 15.6 Å². The van der Waals surface area contributed by atoms with Crippen LogP contribution in [0.5, 0.6) is 0 Å². The SMILES string of the molecule is O=C(NC1CCOCC1)NC1CN(c2cc(C(F)(F)F)ccn2)C1. The summed E-state index contributed by atoms with van der Waals surface area (Å²) in [6.07, 6.45) is -1.66. The van der Waals surface area contributed by atoms with Crippen LogP contribution in [0.2, 0.25) is 0 Å². The lowest BCUT2D eigenvalue weighted by Crippen LogP contribution is -2.62. The van der Waals surface area contributed by atoms with E-state index in [0.717, 1.165) is 31.2 Å². The van der Waals surface area contributed by atoms with Crippen molar-refractivity contribution in [1.82, 2.24) is 15.6 Å². The molecule has 0 aromatic carbocycles. The molecule has 0 radical (unpaired) electrons. The van der Waals surface area contributed by atoms with Gasteiger partial charge in [0.25, 0.3) is 0 Å². The largest absolute Gasteiger partial charge is 0.416 e. The number of carbonyl (C=O) groups excluding carboxylic acids is 1. The summed E-state index contributed by atoms with van der Waals surface area (Å²) in [6, 6.07) is 1.74. The molecule has 24 heavy (non-hydrogen) atoms. The molecule has 2 saturated heterocycles. The Kier molecular flexibility index (Phi) is 4.79. The van der Waals surface area contributed by atoms with E-state index in [0.29, 0.717) is 26.3 Å². The molecule has 0 atom stereocenters. The zero-order valence-corrected chi connectivity index (χ0v) is 13.0. The molecular weight excluding hydrogens is 325 g/mol. The number of alkyl halides is 3. The van der Waals surface area contributed by atoms with Crippen molar-refractivity contribution in [3.05, 3.63) is 23.9 Å². The lowest BCUT2D eigenvalue weighted by molar-refractivity contribution is -0.137. The van der Waals surface area contributed by atoms with Crippen LogP contribution in [-0.4, -0.2) is 49.4 Å². The fourth-order valence-electron chi connectivity index (χ4n) is 2.78. The van der Waals surface area contributed by atoms with E-state index >= 15 is 0 Å². The zero-order chi connectivity index (χ0) is 17.2. The van der Waals surface area contributed by atoms with E-state index in [-0.39, 0.29) is 23.9 Å². The molecule has 0 aliphatic carbocycles. The van der Waals surface area contributed by atoms with Crippen LogP contribution in [0, 0.1) is 0 Å². The third kappa shape index (κ3) is 4.08. The number of amides is 2. The second-order valence-electron chi connectivity index (χ2n) is 6.01. The number of urea groups is 1. The molecule has 1 aromatic rings. The lowest BCUT2D eigenvalue weighted by Gasteiger charge is -2.40. The average Bonchev–Trinajstić information content (AvgIpc) is 2.51. The van der Waals surface area contributed by atoms with Crippen LogP contribution in [-0.2, 0) is 10.9 Å². The Morgan fingerprint density at radius 2 is 1.88 bits per heavy atom. The number of carbonyl (C=O) groups is 1. The normalized spacial score (nSPS) is 19.7. The average molecular weight is 344 g/mol. The van der Waals surface area contributed by atoms with Crippen molar-refractivity contribution < 1.29 is 22.7 Å². The molecule has 6 nitrogen and oxygen atoms in total. The van der Waals surface area contributed by atoms with Crippen molar-refractivity contribution in [2.24, 2.45) is 0 Å². The molecule has 2 fully saturated rings. The van der Waals surface area contributed by atoms with Gasteiger partial charge in [0.2, 0.25) is 0 Å². The second kappa shape index (κ2) is 6.84. The summed E-state index contributed by atoms with van der Waals surface area (Å²) in [6.45, 7) is 2.16. The second-order valence-corrected chi connectivity index (χ2v) is 6.01. The molecule has 2 aliphatic rings. The monoisotopic (exact) mass is 344 g/mol. The number of anilines is 1. The van der Waals surface area contributed by atoms with Gasteiger partial charge >= 0.3 is 12.2 Å². The third-order valence-corrected chi connectivity index (χ3v) is 4.17. The lowest BCUT2D eigenvalue weighted by atomic mass is 10.1. The minimum atomic E-state index is -4.39. The van der Waals surface area contributed by atoms with Gasteiger partial charge in [0.05, 0.1) is 11.6 Å². The topological polar surface area (TPSA) is 66.5 Å². The molecule has 0 bridgehead atoms. The molecule has 0 saturated carbocycles. The Labute approximate surface area is 137 Å². The van der Waals surface area contributed by atoms with E-state index in [1.54, 1.807) is 4.90 Å². The highest BCUT2D eigenvalue weighted by atomic mass is 19.4. The Bertz CT molecular complexity index is 584. The van der Waals surface area contributed by atoms with Crippen molar-refractivity contribution in [2.75, 3.05) is 31.2 Å². The Hall–Kier alpha value is -2.03. The van der Waals surface area contributed by atoms with Gasteiger partial charge in [-0.05, 0) is 25.0 Å². The molecule has 2 amide bonds. The first-order valence-electron chi connectivity index (χ1n) is 7.85. The van der Waals surface area contributed by atoms with Gasteiger partial charge in [0.1, 0.15) is 5.82 Å². The molecule has 2 aliphatic heterocycles. The number of hydrogen-bond acceptors (Lipinski definition) is 4. The smallest absolute Gasteiger partial charge is 0.381 e. The predicted molar refractivity (Wildman–Crippen MR) is 80.7 cm³/mol. The third-order valence-electron chi connectivity index (χ3n) is 4.17. The van der Waals surface area contributed by atoms with Crippen LogP contribution >= 0.6 is 0 Å². The van der Waals surface area contributed by atoms with Gasteiger partial charge in [0, 0.05) is 38.5 Å². The van der Waals surface area contributed by atoms with E-state index in [1.807, 2.05) is 0 Å². The van der Waals surface area contributed by atoms with Gasteiger partial charge < -0.3 is 20.3 Å². The summed E-state index contributed by atoms with van der Waals surface area (Å²) in [5.74, 6) is 0.271. The number of pyridine rings is 1. The summed E-state index contributed by atoms with van der Waals surface area (Å²) in [5.41, 5.74) is -0.721. The first kappa shape index (κ1) is 16.8. The van der Waals surface area contributed by atoms with Crippen LogP contribution in [0.15, 0.2) is 18.3 Å². The van der Waals surface area contributed by atoms with Gasteiger partial charge in [-0.2, -0.15) is 13.2 Å². The molecule has 3 heterocycles. The predicted octanol–water partition coefficient (Wildman–Crippen LogP) is 1.77. The van der Waals surface area contributed by atoms with Crippen LogP contribution in [0.25, 0.3) is 0 Å². The highest BCUT2D eigenvalue weighted by Gasteiger charge is 2.34. The fraction of sp³-hybridized carbons (Fsp3) is 0.600. The van der Waals surface area contributed by atoms with Gasteiger partial charge in [-0.1, -0.05) is 0 Å². The van der Waals surface area contributed by atoms with Crippen LogP contribution < -0.4 is 15.5 Å². The van der Waals surface area contributed by atoms with Crippen molar-refractivity contribution >= 4 is 11.8 Å². The number of nitrogens with one attached hydrogen (secondary N) is 2. The summed E-state index contributed by atoms with van der Waals surface area (Å²) < 4.78 is 43.3. The quantitative estimate of drug-likeness (QED) is 0.877. The minimum Gasteiger partial charge on any atom is -0.381 e. The highest BCUT2D eigenvalue weighted by molar-refractivity contribution is 5.75. The van der Waals surface area contributed by atoms with Gasteiger partial charge in [-0.15, -0.1) is 0 Å². The number of nitrogens with zero attached hydrogens (tertiary/aromatic N) is 2. The molecule has 132 valence electrons. The molecule has 3 rings (SSSR count). The highest BCUT2D eigenvalue weighted by Crippen LogP contribution is 2.31. The molecule has 0 spiro atoms. The van der Waals surface area contributed by atoms with E-state index < -0.39 is 11.7 Å². The molecular formula is C15H19F3N4O2. The van der Waals surface area contributed by atoms with Crippen LogP contribution in [0.3, 0.4) is 0 Å². The molecule has 2 N–H and O–H groups in total. The molecule has 0 unspecified atom stereocenters. The molecule has 1 aromatic heterocycles. The van der Waals surface area contributed by atoms with Gasteiger partial charge in [0.15, 0.2) is 0 Å². The number of halogens is 3. The summed E-state index contributed by atoms with van der Waals surface area (Å²) in [4.78, 5) is 17.6. The van der Waals surface area contributed by atoms with Crippen LogP contribution in [0.4, 0.5) is 23.8 Å². The maximum Gasteiger partial charge on any atom is 0.416 e. The number of ether oxygens (including phenoxy) is 1. The maximum absolute atomic E-state index is 12.7. The minimum absolute atomic E-state index is 0.0961. The van der Waals surface area contributed by atoms with Crippen molar-refractivity contribution in [3.63, 3.8) is 0 Å². The van der Waals surface area contributed by atoms with Gasteiger partial charge in [-0.25, -0.2) is 9.78 Å². The summed E-state index contributed by atoms with van der Waals surface area (Å²) in [5, 5.41) is 5.71. The summed E-state index contributed by atoms with van der Waals surface area (Å²) >= 11 is 0. The standard InChI is InChI=1S/C15H19F3N4O2/c16-15(17,18)10-1-4-19-13(7-10)22-8-12(9-22)21-14(23)20-11-2-5-24-6-3-11/h1,4,7,11-12H,2-3,5-6,8-9H2,(H2,20,21,23). The number of rotatable bonds is 3. The van der Waals surface area contributed by atoms with Gasteiger partial charge in [-0.3, -0.25) is 0 Å². The first-order chi connectivity index (χ1) is 11.4. The van der Waals surface area contributed by atoms with Crippen molar-refractivity contribution in [1.29, 1.82) is 0 Å². The molecule has 9 heteroatoms. The Morgan fingerprint density at radius 1 is 1.21 bits per heavy atom. The van der Waals surface area contributed by atoms with E-state index in [1.165, 1.54) is 0 Å². The van der Waals surface area contributed by atoms with E-state index in [4.69, 9.17) is 4.74 Å². The van der Waals surface area contributed by atoms with Crippen molar-refractivity contribution in [2.45, 2.75) is 31.1 Å². The maximum atomic E-state index is 12.7. The first-order valence-corrected chi connectivity index (χ1v) is 7.85. The Balaban J connectivity index is 1.46. The van der Waals surface area contributed by atoms with Crippen LogP contribution in [0.1, 0.15) is 18.4 Å². The van der Waals surface area contributed by atoms with E-state index in [9.17, 15) is 18.0 Å². The fourth-order valence-corrected chi connectivity index (χ4v) is 2.78. The zero-order valence-electron chi connectivity index (χ0n) is 13.0. The number of aromatic nitrogens is 1. The Morgan fingerprint density at radius 3 is 2.54 bits per heavy atom.